The summed E-state index contributed by atoms with van der Waals surface area (Å²) in [5.74, 6) is -0.748. The van der Waals surface area contributed by atoms with Gasteiger partial charge in [0.15, 0.2) is 5.71 Å². The second-order valence-corrected chi connectivity index (χ2v) is 11.4. The van der Waals surface area contributed by atoms with E-state index in [1.165, 1.54) is 24.3 Å². The van der Waals surface area contributed by atoms with Crippen LogP contribution in [0.5, 0.6) is 0 Å². The molecule has 5 rings (SSSR count). The van der Waals surface area contributed by atoms with Crippen LogP contribution in [0.1, 0.15) is 49.9 Å². The van der Waals surface area contributed by atoms with Gasteiger partial charge in [0, 0.05) is 41.6 Å². The average Bonchev–Trinajstić information content (AvgIpc) is 3.16. The predicted molar refractivity (Wildman–Crippen MR) is 139 cm³/mol. The molecule has 0 saturated heterocycles. The summed E-state index contributed by atoms with van der Waals surface area (Å²) in [5.41, 5.74) is -0.212. The Kier molecular flexibility index (Phi) is 5.79. The summed E-state index contributed by atoms with van der Waals surface area (Å²) in [6, 6.07) is 7.00. The molecule has 0 fully saturated rings. The Labute approximate surface area is 227 Å². The standard InChI is InChI=1S/C30H26F6N2O2/c1-27(2)19-11-15(29(31,32)33)7-9-21(19)37(5)23(27)13-17-25(39)18(26(17)40)14-24-28(3,4)20-12-16(30(34,35)36)8-10-22(20)38(24)6/h7-14H,1-6H3/p+1. The van der Waals surface area contributed by atoms with Crippen molar-refractivity contribution in [2.75, 3.05) is 19.0 Å². The van der Waals surface area contributed by atoms with E-state index in [2.05, 4.69) is 0 Å². The van der Waals surface area contributed by atoms with Crippen LogP contribution in [0.2, 0.25) is 0 Å². The van der Waals surface area contributed by atoms with E-state index in [4.69, 9.17) is 0 Å². The molecular weight excluding hydrogens is 534 g/mol. The van der Waals surface area contributed by atoms with Crippen molar-refractivity contribution in [3.8, 4) is 0 Å². The number of anilines is 1. The highest BCUT2D eigenvalue weighted by atomic mass is 19.4. The summed E-state index contributed by atoms with van der Waals surface area (Å²) in [5, 5.41) is 10.9. The zero-order chi connectivity index (χ0) is 29.7. The molecule has 1 aliphatic carbocycles. The van der Waals surface area contributed by atoms with Gasteiger partial charge in [0.25, 0.3) is 0 Å². The quantitative estimate of drug-likeness (QED) is 0.237. The number of alkyl halides is 6. The number of nitrogens with zero attached hydrogens (tertiary/aromatic N) is 2. The lowest BCUT2D eigenvalue weighted by molar-refractivity contribution is -0.401. The molecule has 2 aromatic rings. The maximum absolute atomic E-state index is 13.4. The van der Waals surface area contributed by atoms with Crippen LogP contribution in [0.15, 0.2) is 71.2 Å². The van der Waals surface area contributed by atoms with Crippen LogP contribution in [-0.2, 0) is 28.0 Å². The fraction of sp³-hybridized carbons (Fsp3) is 0.333. The maximum atomic E-state index is 13.4. The maximum Gasteiger partial charge on any atom is 0.416 e. The number of fused-ring (bicyclic) bond motifs is 2. The highest BCUT2D eigenvalue weighted by Crippen LogP contribution is 2.50. The number of ketones is 1. The second kappa shape index (κ2) is 8.34. The molecule has 2 aromatic carbocycles. The van der Waals surface area contributed by atoms with Gasteiger partial charge in [-0.1, -0.05) is 13.8 Å². The van der Waals surface area contributed by atoms with Gasteiger partial charge in [-0.3, -0.25) is 4.79 Å². The SMILES string of the molecule is CN1/C(=C\C2=C(O)C(=C\C3=[N+](C)c4ccc(C(F)(F)F)cc4C3(C)C)/C2=O)C(C)(C)c2cc(C(F)(F)F)ccc21. The summed E-state index contributed by atoms with van der Waals surface area (Å²) >= 11 is 0. The lowest BCUT2D eigenvalue weighted by Gasteiger charge is -2.27. The van der Waals surface area contributed by atoms with Gasteiger partial charge in [0.1, 0.15) is 12.8 Å². The van der Waals surface area contributed by atoms with Crippen LogP contribution in [-0.4, -0.2) is 35.3 Å². The first-order valence-corrected chi connectivity index (χ1v) is 12.5. The Morgan fingerprint density at radius 2 is 1.40 bits per heavy atom. The summed E-state index contributed by atoms with van der Waals surface area (Å²) in [4.78, 5) is 14.9. The average molecular weight is 562 g/mol. The van der Waals surface area contributed by atoms with Gasteiger partial charge in [-0.25, -0.2) is 0 Å². The molecule has 0 bridgehead atoms. The van der Waals surface area contributed by atoms with Crippen LogP contribution in [0.4, 0.5) is 37.7 Å². The fourth-order valence-electron chi connectivity index (χ4n) is 5.92. The topological polar surface area (TPSA) is 43.5 Å². The van der Waals surface area contributed by atoms with Gasteiger partial charge in [-0.15, -0.1) is 0 Å². The molecule has 0 amide bonds. The predicted octanol–water partition coefficient (Wildman–Crippen LogP) is 7.36. The highest BCUT2D eigenvalue weighted by Gasteiger charge is 2.48. The van der Waals surface area contributed by atoms with Crippen LogP contribution in [0, 0.1) is 0 Å². The minimum Gasteiger partial charge on any atom is -0.506 e. The van der Waals surface area contributed by atoms with Crippen molar-refractivity contribution < 1.29 is 40.8 Å². The third kappa shape index (κ3) is 3.90. The Hall–Kier alpha value is -3.82. The molecule has 0 spiro atoms. The Balaban J connectivity index is 1.52. The van der Waals surface area contributed by atoms with Gasteiger partial charge in [0.05, 0.1) is 27.7 Å². The van der Waals surface area contributed by atoms with Gasteiger partial charge in [-0.05, 0) is 55.8 Å². The van der Waals surface area contributed by atoms with Crippen molar-refractivity contribution in [2.45, 2.75) is 50.9 Å². The summed E-state index contributed by atoms with van der Waals surface area (Å²) in [7, 11) is 3.37. The fourth-order valence-corrected chi connectivity index (χ4v) is 5.92. The van der Waals surface area contributed by atoms with Gasteiger partial charge < -0.3 is 10.0 Å². The van der Waals surface area contributed by atoms with E-state index in [9.17, 15) is 36.2 Å². The Bertz CT molecular complexity index is 1620. The Morgan fingerprint density at radius 3 is 1.95 bits per heavy atom. The summed E-state index contributed by atoms with van der Waals surface area (Å²) < 4.78 is 81.8. The monoisotopic (exact) mass is 561 g/mol. The van der Waals surface area contributed by atoms with Gasteiger partial charge >= 0.3 is 12.4 Å². The first kappa shape index (κ1) is 27.7. The van der Waals surface area contributed by atoms with E-state index in [1.54, 1.807) is 51.3 Å². The third-order valence-corrected chi connectivity index (χ3v) is 8.28. The highest BCUT2D eigenvalue weighted by molar-refractivity contribution is 6.24. The normalized spacial score (nSPS) is 21.9. The Morgan fingerprint density at radius 1 is 0.850 bits per heavy atom. The number of hydrogen-bond acceptors (Lipinski definition) is 3. The lowest BCUT2D eigenvalue weighted by Crippen LogP contribution is -2.31. The van der Waals surface area contributed by atoms with E-state index in [1.807, 2.05) is 0 Å². The molecule has 2 aliphatic heterocycles. The lowest BCUT2D eigenvalue weighted by atomic mass is 9.77. The number of hydrogen-bond donors (Lipinski definition) is 1. The zero-order valence-corrected chi connectivity index (χ0v) is 22.6. The number of benzene rings is 2. The molecule has 210 valence electrons. The smallest absolute Gasteiger partial charge is 0.416 e. The number of aliphatic hydroxyl groups is 1. The van der Waals surface area contributed by atoms with Crippen LogP contribution in [0.25, 0.3) is 0 Å². The number of likely N-dealkylation sites (N-methyl/N-ethyl adjacent to an activating group) is 1. The number of carbonyl (C=O) groups excluding carboxylic acids is 1. The van der Waals surface area contributed by atoms with Crippen LogP contribution < -0.4 is 4.90 Å². The number of halogens is 6. The number of Topliss-reactive ketones (excluding diaryl/α,β-unsaturated/α-hetero) is 1. The number of rotatable bonds is 2. The van der Waals surface area contributed by atoms with Gasteiger partial charge in [-0.2, -0.15) is 30.9 Å². The molecule has 0 atom stereocenters. The first-order chi connectivity index (χ1) is 18.3. The molecule has 0 aromatic heterocycles. The van der Waals surface area contributed by atoms with E-state index < -0.39 is 40.1 Å². The molecule has 0 unspecified atom stereocenters. The van der Waals surface area contributed by atoms with Crippen molar-refractivity contribution in [1.29, 1.82) is 0 Å². The van der Waals surface area contributed by atoms with Gasteiger partial charge in [0.2, 0.25) is 11.5 Å². The molecule has 1 N–H and O–H groups in total. The number of carbonyl (C=O) groups is 1. The van der Waals surface area contributed by atoms with Crippen molar-refractivity contribution in [1.82, 2.24) is 0 Å². The molecule has 10 heteroatoms. The molecule has 0 saturated carbocycles. The zero-order valence-electron chi connectivity index (χ0n) is 22.6. The largest absolute Gasteiger partial charge is 0.506 e. The molecule has 2 heterocycles. The van der Waals surface area contributed by atoms with E-state index >= 15 is 0 Å². The van der Waals surface area contributed by atoms with E-state index in [0.29, 0.717) is 33.9 Å². The van der Waals surface area contributed by atoms with E-state index in [-0.39, 0.29) is 16.9 Å². The van der Waals surface area contributed by atoms with Crippen LogP contribution >= 0.6 is 0 Å². The van der Waals surface area contributed by atoms with E-state index in [0.717, 1.165) is 24.3 Å². The minimum atomic E-state index is -4.51. The number of allylic oxidation sites excluding steroid dienone is 5. The van der Waals surface area contributed by atoms with Crippen molar-refractivity contribution in [2.24, 2.45) is 0 Å². The third-order valence-electron chi connectivity index (χ3n) is 8.28. The minimum absolute atomic E-state index is 0.0148. The summed E-state index contributed by atoms with van der Waals surface area (Å²) in [6.45, 7) is 6.99. The molecule has 4 nitrogen and oxygen atoms in total. The number of aliphatic hydroxyl groups excluding tert-OH is 1. The van der Waals surface area contributed by atoms with Crippen molar-refractivity contribution in [3.05, 3.63) is 93.4 Å². The molecule has 3 aliphatic rings. The van der Waals surface area contributed by atoms with Crippen molar-refractivity contribution in [3.63, 3.8) is 0 Å². The molecule has 40 heavy (non-hydrogen) atoms. The van der Waals surface area contributed by atoms with Crippen molar-refractivity contribution >= 4 is 22.9 Å². The van der Waals surface area contributed by atoms with Crippen LogP contribution in [0.3, 0.4) is 0 Å². The molecule has 0 radical (unpaired) electrons. The second-order valence-electron chi connectivity index (χ2n) is 11.4. The molecular formula is C30H27F6N2O2+. The first-order valence-electron chi connectivity index (χ1n) is 12.5. The summed E-state index contributed by atoms with van der Waals surface area (Å²) in [6.07, 6.45) is -6.04.